The molecule has 30 heavy (non-hydrogen) atoms. The van der Waals surface area contributed by atoms with Crippen LogP contribution >= 0.6 is 11.3 Å². The minimum Gasteiger partial charge on any atom is -0.356 e. The summed E-state index contributed by atoms with van der Waals surface area (Å²) < 4.78 is 29.4. The Labute approximate surface area is 181 Å². The Bertz CT molecular complexity index is 1100. The summed E-state index contributed by atoms with van der Waals surface area (Å²) in [5.41, 5.74) is 0.943. The fourth-order valence-electron chi connectivity index (χ4n) is 3.88. The molecule has 6 nitrogen and oxygen atoms in total. The molecule has 160 valence electrons. The number of benzene rings is 1. The molecule has 1 saturated heterocycles. The lowest BCUT2D eigenvalue weighted by molar-refractivity contribution is -0.121. The standard InChI is InChI=1S/C22H27N3O3S2/c26-22(23-11-8-19-5-4-16-29-19)10-15-24-14-9-18-17-20(6-7-21(18)24)30(27,28)25-12-2-1-3-13-25/h4-7,9,14,16-17H,1-3,8,10-13,15H2,(H,23,26). The van der Waals surface area contributed by atoms with Crippen LogP contribution in [0.15, 0.2) is 52.9 Å². The molecule has 2 aromatic heterocycles. The SMILES string of the molecule is O=C(CCn1ccc2cc(S(=O)(=O)N3CCCCC3)ccc21)NCCc1cccs1. The number of hydrogen-bond acceptors (Lipinski definition) is 4. The van der Waals surface area contributed by atoms with Gasteiger partial charge in [-0.1, -0.05) is 12.5 Å². The van der Waals surface area contributed by atoms with Crippen molar-refractivity contribution in [2.75, 3.05) is 19.6 Å². The van der Waals surface area contributed by atoms with Gasteiger partial charge in [-0.05, 0) is 55.0 Å². The fourth-order valence-corrected chi connectivity index (χ4v) is 6.14. The van der Waals surface area contributed by atoms with Crippen LogP contribution in [0.25, 0.3) is 10.9 Å². The number of aryl methyl sites for hydroxylation is 1. The molecule has 4 rings (SSSR count). The quantitative estimate of drug-likeness (QED) is 0.576. The zero-order valence-electron chi connectivity index (χ0n) is 16.9. The molecule has 3 heterocycles. The highest BCUT2D eigenvalue weighted by Gasteiger charge is 2.26. The van der Waals surface area contributed by atoms with Crippen LogP contribution in [0.1, 0.15) is 30.6 Å². The van der Waals surface area contributed by atoms with Gasteiger partial charge in [-0.15, -0.1) is 11.3 Å². The second-order valence-electron chi connectivity index (χ2n) is 7.62. The molecule has 0 spiro atoms. The molecule has 1 aromatic carbocycles. The zero-order valence-corrected chi connectivity index (χ0v) is 18.6. The van der Waals surface area contributed by atoms with Crippen molar-refractivity contribution in [1.29, 1.82) is 0 Å². The summed E-state index contributed by atoms with van der Waals surface area (Å²) in [5, 5.41) is 5.89. The minimum atomic E-state index is -3.44. The van der Waals surface area contributed by atoms with Crippen LogP contribution in [0.5, 0.6) is 0 Å². The second-order valence-corrected chi connectivity index (χ2v) is 10.6. The molecule has 1 N–H and O–H groups in total. The van der Waals surface area contributed by atoms with Gasteiger partial charge < -0.3 is 9.88 Å². The van der Waals surface area contributed by atoms with Gasteiger partial charge in [-0.3, -0.25) is 4.79 Å². The number of nitrogens with one attached hydrogen (secondary N) is 1. The van der Waals surface area contributed by atoms with E-state index in [-0.39, 0.29) is 5.91 Å². The van der Waals surface area contributed by atoms with E-state index in [4.69, 9.17) is 0 Å². The smallest absolute Gasteiger partial charge is 0.243 e. The number of carbonyl (C=O) groups excluding carboxylic acids is 1. The lowest BCUT2D eigenvalue weighted by Gasteiger charge is -2.25. The van der Waals surface area contributed by atoms with Crippen LogP contribution in [-0.2, 0) is 27.8 Å². The molecule has 3 aromatic rings. The molecule has 0 radical (unpaired) electrons. The van der Waals surface area contributed by atoms with Crippen LogP contribution in [0.2, 0.25) is 0 Å². The van der Waals surface area contributed by atoms with E-state index in [1.165, 1.54) is 4.88 Å². The molecule has 0 bridgehead atoms. The first kappa shape index (κ1) is 21.1. The molecule has 0 atom stereocenters. The van der Waals surface area contributed by atoms with E-state index in [0.29, 0.717) is 37.5 Å². The molecule has 1 amide bonds. The Morgan fingerprint density at radius 1 is 1.10 bits per heavy atom. The van der Waals surface area contributed by atoms with Gasteiger partial charge in [0.1, 0.15) is 0 Å². The molecule has 0 aliphatic carbocycles. The minimum absolute atomic E-state index is 0.0257. The maximum absolute atomic E-state index is 12.9. The maximum Gasteiger partial charge on any atom is 0.243 e. The first-order chi connectivity index (χ1) is 14.5. The number of fused-ring (bicyclic) bond motifs is 1. The van der Waals surface area contributed by atoms with E-state index in [2.05, 4.69) is 11.4 Å². The van der Waals surface area contributed by atoms with Gasteiger partial charge in [0.15, 0.2) is 0 Å². The van der Waals surface area contributed by atoms with E-state index < -0.39 is 10.0 Å². The summed E-state index contributed by atoms with van der Waals surface area (Å²) >= 11 is 1.70. The molecule has 8 heteroatoms. The Morgan fingerprint density at radius 2 is 1.93 bits per heavy atom. The van der Waals surface area contributed by atoms with E-state index >= 15 is 0 Å². The predicted molar refractivity (Wildman–Crippen MR) is 120 cm³/mol. The largest absolute Gasteiger partial charge is 0.356 e. The van der Waals surface area contributed by atoms with Gasteiger partial charge in [0.25, 0.3) is 0 Å². The molecule has 1 aliphatic heterocycles. The van der Waals surface area contributed by atoms with Crippen molar-refractivity contribution in [2.24, 2.45) is 0 Å². The Kier molecular flexibility index (Phi) is 6.55. The molecule has 0 unspecified atom stereocenters. The van der Waals surface area contributed by atoms with Crippen molar-refractivity contribution in [2.45, 2.75) is 43.5 Å². The second kappa shape index (κ2) is 9.32. The van der Waals surface area contributed by atoms with Crippen LogP contribution < -0.4 is 5.32 Å². The van der Waals surface area contributed by atoms with Crippen molar-refractivity contribution in [3.8, 4) is 0 Å². The normalized spacial score (nSPS) is 15.5. The van der Waals surface area contributed by atoms with Crippen molar-refractivity contribution in [3.05, 3.63) is 52.9 Å². The van der Waals surface area contributed by atoms with E-state index in [0.717, 1.165) is 36.6 Å². The number of thiophene rings is 1. The highest BCUT2D eigenvalue weighted by atomic mass is 32.2. The summed E-state index contributed by atoms with van der Waals surface area (Å²) in [4.78, 5) is 13.8. The molecule has 1 aliphatic rings. The number of piperidine rings is 1. The lowest BCUT2D eigenvalue weighted by Crippen LogP contribution is -2.35. The van der Waals surface area contributed by atoms with Crippen molar-refractivity contribution < 1.29 is 13.2 Å². The third-order valence-corrected chi connectivity index (χ3v) is 8.38. The Morgan fingerprint density at radius 3 is 2.70 bits per heavy atom. The number of hydrogen-bond donors (Lipinski definition) is 1. The van der Waals surface area contributed by atoms with Crippen molar-refractivity contribution in [1.82, 2.24) is 14.2 Å². The third-order valence-electron chi connectivity index (χ3n) is 5.55. The van der Waals surface area contributed by atoms with Gasteiger partial charge in [0.05, 0.1) is 4.90 Å². The maximum atomic E-state index is 12.9. The summed E-state index contributed by atoms with van der Waals surface area (Å²) in [6, 6.07) is 11.3. The summed E-state index contributed by atoms with van der Waals surface area (Å²) in [7, 11) is -3.44. The van der Waals surface area contributed by atoms with Gasteiger partial charge in [-0.25, -0.2) is 8.42 Å². The number of nitrogens with zero attached hydrogens (tertiary/aromatic N) is 2. The predicted octanol–water partition coefficient (Wildman–Crippen LogP) is 3.63. The number of sulfonamides is 1. The first-order valence-electron chi connectivity index (χ1n) is 10.4. The Hall–Kier alpha value is -2.16. The molecular weight excluding hydrogens is 418 g/mol. The first-order valence-corrected chi connectivity index (χ1v) is 12.7. The van der Waals surface area contributed by atoms with Crippen LogP contribution in [-0.4, -0.2) is 42.8 Å². The number of aromatic nitrogens is 1. The van der Waals surface area contributed by atoms with Crippen LogP contribution in [0.4, 0.5) is 0 Å². The highest BCUT2D eigenvalue weighted by molar-refractivity contribution is 7.89. The molecule has 1 fully saturated rings. The van der Waals surface area contributed by atoms with E-state index in [9.17, 15) is 13.2 Å². The van der Waals surface area contributed by atoms with Crippen molar-refractivity contribution in [3.63, 3.8) is 0 Å². The van der Waals surface area contributed by atoms with Crippen LogP contribution in [0, 0.1) is 0 Å². The average Bonchev–Trinajstić information content (AvgIpc) is 3.42. The van der Waals surface area contributed by atoms with Gasteiger partial charge in [-0.2, -0.15) is 4.31 Å². The number of amides is 1. The number of carbonyl (C=O) groups is 1. The average molecular weight is 446 g/mol. The molecular formula is C22H27N3O3S2. The topological polar surface area (TPSA) is 71.4 Å². The van der Waals surface area contributed by atoms with Gasteiger partial charge in [0.2, 0.25) is 15.9 Å². The molecule has 0 saturated carbocycles. The van der Waals surface area contributed by atoms with Crippen LogP contribution in [0.3, 0.4) is 0 Å². The van der Waals surface area contributed by atoms with E-state index in [1.54, 1.807) is 27.8 Å². The summed E-state index contributed by atoms with van der Waals surface area (Å²) in [6.45, 7) is 2.40. The van der Waals surface area contributed by atoms with Gasteiger partial charge in [0, 0.05) is 54.6 Å². The number of rotatable bonds is 8. The zero-order chi connectivity index (χ0) is 21.0. The van der Waals surface area contributed by atoms with E-state index in [1.807, 2.05) is 34.3 Å². The highest BCUT2D eigenvalue weighted by Crippen LogP contribution is 2.25. The monoisotopic (exact) mass is 445 g/mol. The Balaban J connectivity index is 1.37. The van der Waals surface area contributed by atoms with Crippen molar-refractivity contribution >= 4 is 38.2 Å². The van der Waals surface area contributed by atoms with Gasteiger partial charge >= 0.3 is 0 Å². The third kappa shape index (κ3) is 4.77. The lowest BCUT2D eigenvalue weighted by atomic mass is 10.2. The summed E-state index contributed by atoms with van der Waals surface area (Å²) in [6.07, 6.45) is 6.10. The fraction of sp³-hybridized carbons (Fsp3) is 0.409. The summed E-state index contributed by atoms with van der Waals surface area (Å²) in [5.74, 6) is 0.0257.